The third-order valence-electron chi connectivity index (χ3n) is 3.84. The number of carbonyl (C=O) groups excluding carboxylic acids is 1. The van der Waals surface area contributed by atoms with E-state index in [9.17, 15) is 14.9 Å². The third kappa shape index (κ3) is 3.55. The van der Waals surface area contributed by atoms with Gasteiger partial charge in [0, 0.05) is 29.1 Å². The molecule has 0 saturated heterocycles. The zero-order valence-electron chi connectivity index (χ0n) is 14.5. The second-order valence-corrected chi connectivity index (χ2v) is 7.62. The van der Waals surface area contributed by atoms with E-state index >= 15 is 0 Å². The maximum atomic E-state index is 12.6. The number of nitro benzene ring substituents is 1. The number of aromatic nitrogens is 3. The fourth-order valence-corrected chi connectivity index (χ4v) is 4.13. The average Bonchev–Trinajstić information content (AvgIpc) is 3.42. The van der Waals surface area contributed by atoms with Gasteiger partial charge in [0.1, 0.15) is 5.82 Å². The van der Waals surface area contributed by atoms with Gasteiger partial charge >= 0.3 is 0 Å². The highest BCUT2D eigenvalue weighted by molar-refractivity contribution is 7.15. The van der Waals surface area contributed by atoms with E-state index in [-0.39, 0.29) is 11.3 Å². The molecule has 0 aliphatic heterocycles. The van der Waals surface area contributed by atoms with Crippen LogP contribution in [0.3, 0.4) is 0 Å². The summed E-state index contributed by atoms with van der Waals surface area (Å²) in [6, 6.07) is 11.2. The molecule has 10 heteroatoms. The second kappa shape index (κ2) is 7.33. The molecule has 0 saturated carbocycles. The van der Waals surface area contributed by atoms with Crippen LogP contribution < -0.4 is 5.32 Å². The van der Waals surface area contributed by atoms with Gasteiger partial charge in [-0.25, -0.2) is 4.98 Å². The van der Waals surface area contributed by atoms with Gasteiger partial charge in [0.05, 0.1) is 21.2 Å². The van der Waals surface area contributed by atoms with Crippen molar-refractivity contribution in [3.8, 4) is 15.7 Å². The van der Waals surface area contributed by atoms with Crippen molar-refractivity contribution in [2.24, 2.45) is 0 Å². The van der Waals surface area contributed by atoms with E-state index in [0.717, 1.165) is 10.6 Å². The van der Waals surface area contributed by atoms with E-state index in [1.807, 2.05) is 29.8 Å². The van der Waals surface area contributed by atoms with Crippen molar-refractivity contribution in [3.05, 3.63) is 74.6 Å². The highest BCUT2D eigenvalue weighted by Gasteiger charge is 2.17. The first-order valence-electron chi connectivity index (χ1n) is 8.13. The fraction of sp³-hybridized carbons (Fsp3) is 0.0556. The smallest absolute Gasteiger partial charge is 0.270 e. The molecule has 3 aromatic heterocycles. The van der Waals surface area contributed by atoms with Gasteiger partial charge in [-0.3, -0.25) is 14.9 Å². The lowest BCUT2D eigenvalue weighted by molar-refractivity contribution is -0.384. The lowest BCUT2D eigenvalue weighted by Gasteiger charge is -2.06. The highest BCUT2D eigenvalue weighted by atomic mass is 32.1. The number of amides is 1. The Kier molecular flexibility index (Phi) is 4.72. The molecular formula is C18H13N5O3S2. The first-order chi connectivity index (χ1) is 13.5. The number of nitrogens with zero attached hydrogens (tertiary/aromatic N) is 4. The summed E-state index contributed by atoms with van der Waals surface area (Å²) in [6.07, 6.45) is 0. The minimum atomic E-state index is -0.535. The van der Waals surface area contributed by atoms with Gasteiger partial charge in [-0.2, -0.15) is 9.78 Å². The summed E-state index contributed by atoms with van der Waals surface area (Å²) in [7, 11) is 0. The van der Waals surface area contributed by atoms with E-state index in [1.165, 1.54) is 35.6 Å². The quantitative estimate of drug-likeness (QED) is 0.384. The van der Waals surface area contributed by atoms with Gasteiger partial charge in [0.25, 0.3) is 11.6 Å². The van der Waals surface area contributed by atoms with Gasteiger partial charge < -0.3 is 5.32 Å². The minimum absolute atomic E-state index is 0.141. The fourth-order valence-electron chi connectivity index (χ4n) is 2.58. The average molecular weight is 411 g/mol. The standard InChI is InChI=1S/C18H13N5O3S2/c1-11-8-16(20-17(24)12-4-2-5-13(9-12)23(25)26)22(21-11)18-19-14(10-28-18)15-6-3-7-27-15/h2-10H,1H3,(H,20,24). The molecule has 0 radical (unpaired) electrons. The molecule has 0 unspecified atom stereocenters. The number of non-ortho nitro benzene ring substituents is 1. The molecule has 140 valence electrons. The number of rotatable bonds is 5. The Morgan fingerprint density at radius 2 is 2.07 bits per heavy atom. The molecule has 1 amide bonds. The number of thiazole rings is 1. The molecule has 0 aliphatic rings. The topological polar surface area (TPSA) is 103 Å². The van der Waals surface area contributed by atoms with E-state index < -0.39 is 10.8 Å². The molecule has 3 heterocycles. The summed E-state index contributed by atoms with van der Waals surface area (Å²) < 4.78 is 1.56. The summed E-state index contributed by atoms with van der Waals surface area (Å²) in [4.78, 5) is 28.6. The van der Waals surface area contributed by atoms with Crippen LogP contribution in [0.5, 0.6) is 0 Å². The van der Waals surface area contributed by atoms with Crippen molar-refractivity contribution in [1.29, 1.82) is 0 Å². The third-order valence-corrected chi connectivity index (χ3v) is 5.55. The maximum absolute atomic E-state index is 12.6. The lowest BCUT2D eigenvalue weighted by atomic mass is 10.2. The van der Waals surface area contributed by atoms with E-state index in [1.54, 1.807) is 22.1 Å². The Labute approximate surface area is 167 Å². The molecule has 0 fully saturated rings. The predicted molar refractivity (Wildman–Crippen MR) is 108 cm³/mol. The Morgan fingerprint density at radius 3 is 2.82 bits per heavy atom. The highest BCUT2D eigenvalue weighted by Crippen LogP contribution is 2.29. The zero-order valence-corrected chi connectivity index (χ0v) is 16.2. The monoisotopic (exact) mass is 411 g/mol. The van der Waals surface area contributed by atoms with Crippen molar-refractivity contribution in [2.75, 3.05) is 5.32 Å². The van der Waals surface area contributed by atoms with Crippen LogP contribution in [0, 0.1) is 17.0 Å². The largest absolute Gasteiger partial charge is 0.306 e. The molecule has 8 nitrogen and oxygen atoms in total. The number of benzene rings is 1. The molecule has 4 rings (SSSR count). The van der Waals surface area contributed by atoms with Crippen molar-refractivity contribution >= 4 is 40.1 Å². The van der Waals surface area contributed by atoms with Gasteiger partial charge in [0.2, 0.25) is 5.13 Å². The molecule has 28 heavy (non-hydrogen) atoms. The summed E-state index contributed by atoms with van der Waals surface area (Å²) in [5.41, 5.74) is 1.61. The molecule has 0 spiro atoms. The van der Waals surface area contributed by atoms with Crippen LogP contribution in [0.2, 0.25) is 0 Å². The van der Waals surface area contributed by atoms with Crippen molar-refractivity contribution < 1.29 is 9.72 Å². The van der Waals surface area contributed by atoms with Crippen molar-refractivity contribution in [1.82, 2.24) is 14.8 Å². The number of nitrogens with one attached hydrogen (secondary N) is 1. The summed E-state index contributed by atoms with van der Waals surface area (Å²) in [5, 5.41) is 22.6. The Hall–Kier alpha value is -3.37. The molecule has 1 N–H and O–H groups in total. The zero-order chi connectivity index (χ0) is 19.7. The lowest BCUT2D eigenvalue weighted by Crippen LogP contribution is -2.15. The van der Waals surface area contributed by atoms with Crippen molar-refractivity contribution in [3.63, 3.8) is 0 Å². The van der Waals surface area contributed by atoms with E-state index in [2.05, 4.69) is 15.4 Å². The van der Waals surface area contributed by atoms with Gasteiger partial charge in [-0.1, -0.05) is 12.1 Å². The van der Waals surface area contributed by atoms with Crippen LogP contribution in [0.15, 0.2) is 53.2 Å². The number of hydrogen-bond acceptors (Lipinski definition) is 7. The number of anilines is 1. The number of hydrogen-bond donors (Lipinski definition) is 1. The molecule has 0 aliphatic carbocycles. The minimum Gasteiger partial charge on any atom is -0.306 e. The Bertz CT molecular complexity index is 1160. The van der Waals surface area contributed by atoms with E-state index in [4.69, 9.17) is 0 Å². The van der Waals surface area contributed by atoms with Gasteiger partial charge in [-0.05, 0) is 24.4 Å². The van der Waals surface area contributed by atoms with E-state index in [0.29, 0.717) is 16.6 Å². The van der Waals surface area contributed by atoms with Crippen LogP contribution in [0.1, 0.15) is 16.1 Å². The van der Waals surface area contributed by atoms with Gasteiger partial charge in [0.15, 0.2) is 0 Å². The Balaban J connectivity index is 1.62. The molecule has 1 aromatic carbocycles. The SMILES string of the molecule is Cc1cc(NC(=O)c2cccc([N+](=O)[O-])c2)n(-c2nc(-c3cccs3)cs2)n1. The predicted octanol–water partition coefficient (Wildman–Crippen LogP) is 4.53. The normalized spacial score (nSPS) is 10.8. The number of carbonyl (C=O) groups is 1. The summed E-state index contributed by atoms with van der Waals surface area (Å²) >= 11 is 3.01. The summed E-state index contributed by atoms with van der Waals surface area (Å²) in [5.74, 6) is -0.0130. The van der Waals surface area contributed by atoms with Crippen LogP contribution in [0.25, 0.3) is 15.7 Å². The van der Waals surface area contributed by atoms with Crippen LogP contribution >= 0.6 is 22.7 Å². The van der Waals surface area contributed by atoms with Crippen LogP contribution in [-0.2, 0) is 0 Å². The van der Waals surface area contributed by atoms with Crippen LogP contribution in [-0.4, -0.2) is 25.6 Å². The number of thiophene rings is 1. The Morgan fingerprint density at radius 1 is 1.21 bits per heavy atom. The second-order valence-electron chi connectivity index (χ2n) is 5.84. The van der Waals surface area contributed by atoms with Crippen LogP contribution in [0.4, 0.5) is 11.5 Å². The molecule has 0 bridgehead atoms. The maximum Gasteiger partial charge on any atom is 0.270 e. The first kappa shape index (κ1) is 18.0. The molecular weight excluding hydrogens is 398 g/mol. The molecule has 4 aromatic rings. The summed E-state index contributed by atoms with van der Waals surface area (Å²) in [6.45, 7) is 1.81. The number of nitro groups is 1. The number of aryl methyl sites for hydroxylation is 1. The first-order valence-corrected chi connectivity index (χ1v) is 9.89. The van der Waals surface area contributed by atoms with Gasteiger partial charge in [-0.15, -0.1) is 22.7 Å². The van der Waals surface area contributed by atoms with Crippen molar-refractivity contribution in [2.45, 2.75) is 6.92 Å². The molecule has 0 atom stereocenters.